The highest BCUT2D eigenvalue weighted by Crippen LogP contribution is 2.19. The average Bonchev–Trinajstić information content (AvgIpc) is 2.23. The van der Waals surface area contributed by atoms with Crippen molar-refractivity contribution in [1.82, 2.24) is 5.32 Å². The van der Waals surface area contributed by atoms with Crippen LogP contribution in [0.1, 0.15) is 32.3 Å². The summed E-state index contributed by atoms with van der Waals surface area (Å²) in [4.78, 5) is 0. The number of hydrogen-bond acceptors (Lipinski definition) is 1. The second-order valence-corrected chi connectivity index (χ2v) is 5.07. The zero-order valence-corrected chi connectivity index (χ0v) is 12.1. The van der Waals surface area contributed by atoms with E-state index < -0.39 is 0 Å². The van der Waals surface area contributed by atoms with Crippen molar-refractivity contribution in [2.45, 2.75) is 39.7 Å². The van der Waals surface area contributed by atoms with E-state index in [0.717, 1.165) is 29.1 Å². The molecule has 0 spiro atoms. The van der Waals surface area contributed by atoms with Crippen molar-refractivity contribution < 1.29 is 0 Å². The highest BCUT2D eigenvalue weighted by molar-refractivity contribution is 7.80. The van der Waals surface area contributed by atoms with Crippen LogP contribution in [0.2, 0.25) is 5.02 Å². The summed E-state index contributed by atoms with van der Waals surface area (Å²) in [7, 11) is 0. The molecule has 0 aliphatic rings. The van der Waals surface area contributed by atoms with Gasteiger partial charge in [-0.1, -0.05) is 31.0 Å². The molecule has 0 aliphatic heterocycles. The third-order valence-electron chi connectivity index (χ3n) is 2.53. The molecule has 0 saturated heterocycles. The predicted octanol–water partition coefficient (Wildman–Crippen LogP) is 4.12. The fourth-order valence-corrected chi connectivity index (χ4v) is 2.07. The van der Waals surface area contributed by atoms with Gasteiger partial charge in [0.25, 0.3) is 0 Å². The molecule has 0 saturated carbocycles. The van der Waals surface area contributed by atoms with E-state index >= 15 is 0 Å². The number of nitrogens with one attached hydrogen (secondary N) is 2. The molecular formula is C13H19ClN2S. The molecule has 2 nitrogen and oxygen atoms in total. The van der Waals surface area contributed by atoms with E-state index in [-0.39, 0.29) is 0 Å². The molecule has 0 unspecified atom stereocenters. The molecule has 0 fully saturated rings. The van der Waals surface area contributed by atoms with Crippen molar-refractivity contribution in [2.75, 3.05) is 5.32 Å². The van der Waals surface area contributed by atoms with Crippen LogP contribution in [0.15, 0.2) is 18.2 Å². The summed E-state index contributed by atoms with van der Waals surface area (Å²) in [6.07, 6.45) is 2.25. The third kappa shape index (κ3) is 4.92. The molecular weight excluding hydrogens is 252 g/mol. The van der Waals surface area contributed by atoms with Gasteiger partial charge in [0.1, 0.15) is 0 Å². The minimum absolute atomic E-state index is 0.390. The van der Waals surface area contributed by atoms with Gasteiger partial charge in [-0.05, 0) is 50.2 Å². The first-order chi connectivity index (χ1) is 8.02. The molecule has 1 aromatic rings. The van der Waals surface area contributed by atoms with Crippen molar-refractivity contribution in [1.29, 1.82) is 0 Å². The molecule has 0 amide bonds. The quantitative estimate of drug-likeness (QED) is 0.805. The van der Waals surface area contributed by atoms with E-state index in [9.17, 15) is 0 Å². The zero-order chi connectivity index (χ0) is 12.8. The van der Waals surface area contributed by atoms with E-state index in [1.54, 1.807) is 0 Å². The monoisotopic (exact) mass is 270 g/mol. The maximum Gasteiger partial charge on any atom is 0.170 e. The fourth-order valence-electron chi connectivity index (χ4n) is 1.57. The van der Waals surface area contributed by atoms with Gasteiger partial charge in [-0.25, -0.2) is 0 Å². The van der Waals surface area contributed by atoms with Crippen LogP contribution in [0.25, 0.3) is 0 Å². The molecule has 0 aromatic heterocycles. The summed E-state index contributed by atoms with van der Waals surface area (Å²) >= 11 is 11.3. The molecule has 1 rings (SSSR count). The van der Waals surface area contributed by atoms with E-state index in [1.165, 1.54) is 0 Å². The predicted molar refractivity (Wildman–Crippen MR) is 79.9 cm³/mol. The number of benzene rings is 1. The number of hydrogen-bond donors (Lipinski definition) is 2. The Labute approximate surface area is 114 Å². The topological polar surface area (TPSA) is 24.1 Å². The Bertz CT molecular complexity index is 393. The van der Waals surface area contributed by atoms with Crippen molar-refractivity contribution >= 4 is 34.6 Å². The summed E-state index contributed by atoms with van der Waals surface area (Å²) in [5.74, 6) is 0. The first kappa shape index (κ1) is 14.3. The summed E-state index contributed by atoms with van der Waals surface area (Å²) in [5.41, 5.74) is 1.98. The zero-order valence-electron chi connectivity index (χ0n) is 10.5. The lowest BCUT2D eigenvalue weighted by atomic mass is 10.2. The normalized spacial score (nSPS) is 12.0. The summed E-state index contributed by atoms with van der Waals surface area (Å²) < 4.78 is 0. The van der Waals surface area contributed by atoms with E-state index in [4.69, 9.17) is 23.8 Å². The highest BCUT2D eigenvalue weighted by atomic mass is 35.5. The van der Waals surface area contributed by atoms with Crippen LogP contribution in [0, 0.1) is 6.92 Å². The average molecular weight is 271 g/mol. The van der Waals surface area contributed by atoms with Gasteiger partial charge in [0.05, 0.1) is 0 Å². The lowest BCUT2D eigenvalue weighted by molar-refractivity contribution is 0.599. The second-order valence-electron chi connectivity index (χ2n) is 4.25. The minimum Gasteiger partial charge on any atom is -0.360 e. The molecule has 0 radical (unpaired) electrons. The number of halogens is 1. The van der Waals surface area contributed by atoms with Gasteiger partial charge < -0.3 is 10.6 Å². The molecule has 0 bridgehead atoms. The van der Waals surface area contributed by atoms with Crippen molar-refractivity contribution in [3.8, 4) is 0 Å². The summed E-state index contributed by atoms with van der Waals surface area (Å²) in [6, 6.07) is 6.22. The Morgan fingerprint density at radius 1 is 1.47 bits per heavy atom. The van der Waals surface area contributed by atoms with Gasteiger partial charge in [0.15, 0.2) is 5.11 Å². The molecule has 1 atom stereocenters. The van der Waals surface area contributed by atoms with Gasteiger partial charge in [-0.15, -0.1) is 0 Å². The Balaban J connectivity index is 2.53. The maximum atomic E-state index is 6.05. The standard InChI is InChI=1S/C13H19ClN2S/c1-4-5-10(3)15-13(17)16-11-7-6-9(2)12(14)8-11/h6-8,10H,4-5H2,1-3H3,(H2,15,16,17)/t10-/m0/s1. The van der Waals surface area contributed by atoms with Crippen LogP contribution < -0.4 is 10.6 Å². The summed E-state index contributed by atoms with van der Waals surface area (Å²) in [6.45, 7) is 6.26. The number of thiocarbonyl (C=S) groups is 1. The van der Waals surface area contributed by atoms with Gasteiger partial charge >= 0.3 is 0 Å². The smallest absolute Gasteiger partial charge is 0.170 e. The SMILES string of the molecule is CCC[C@H](C)NC(=S)Nc1ccc(C)c(Cl)c1. The molecule has 4 heteroatoms. The van der Waals surface area contributed by atoms with Crippen LogP contribution in [-0.4, -0.2) is 11.2 Å². The molecule has 94 valence electrons. The Kier molecular flexibility index (Phi) is 5.72. The van der Waals surface area contributed by atoms with Gasteiger partial charge in [-0.3, -0.25) is 0 Å². The first-order valence-corrected chi connectivity index (χ1v) is 6.65. The lowest BCUT2D eigenvalue weighted by Crippen LogP contribution is -2.35. The lowest BCUT2D eigenvalue weighted by Gasteiger charge is -2.16. The molecule has 0 heterocycles. The Morgan fingerprint density at radius 3 is 2.76 bits per heavy atom. The maximum absolute atomic E-state index is 6.05. The number of anilines is 1. The highest BCUT2D eigenvalue weighted by Gasteiger charge is 2.04. The van der Waals surface area contributed by atoms with Crippen molar-refractivity contribution in [3.63, 3.8) is 0 Å². The van der Waals surface area contributed by atoms with Crippen molar-refractivity contribution in [2.24, 2.45) is 0 Å². The fraction of sp³-hybridized carbons (Fsp3) is 0.462. The third-order valence-corrected chi connectivity index (χ3v) is 3.16. The van der Waals surface area contributed by atoms with Crippen LogP contribution >= 0.6 is 23.8 Å². The van der Waals surface area contributed by atoms with Crippen LogP contribution in [0.3, 0.4) is 0 Å². The van der Waals surface area contributed by atoms with Gasteiger partial charge in [-0.2, -0.15) is 0 Å². The van der Waals surface area contributed by atoms with Crippen LogP contribution in [0.4, 0.5) is 5.69 Å². The van der Waals surface area contributed by atoms with Crippen LogP contribution in [0.5, 0.6) is 0 Å². The Morgan fingerprint density at radius 2 is 2.18 bits per heavy atom. The van der Waals surface area contributed by atoms with Gasteiger partial charge in [0.2, 0.25) is 0 Å². The second kappa shape index (κ2) is 6.82. The largest absolute Gasteiger partial charge is 0.360 e. The number of rotatable bonds is 4. The van der Waals surface area contributed by atoms with Crippen LogP contribution in [-0.2, 0) is 0 Å². The molecule has 17 heavy (non-hydrogen) atoms. The minimum atomic E-state index is 0.390. The Hall–Kier alpha value is -0.800. The molecule has 0 aliphatic carbocycles. The number of aryl methyl sites for hydroxylation is 1. The van der Waals surface area contributed by atoms with E-state index in [0.29, 0.717) is 11.2 Å². The van der Waals surface area contributed by atoms with Crippen molar-refractivity contribution in [3.05, 3.63) is 28.8 Å². The summed E-state index contributed by atoms with van der Waals surface area (Å²) in [5, 5.41) is 7.77. The first-order valence-electron chi connectivity index (χ1n) is 5.86. The van der Waals surface area contributed by atoms with E-state index in [2.05, 4.69) is 24.5 Å². The molecule has 2 N–H and O–H groups in total. The van der Waals surface area contributed by atoms with E-state index in [1.807, 2.05) is 25.1 Å². The molecule has 1 aromatic carbocycles. The van der Waals surface area contributed by atoms with Gasteiger partial charge in [0, 0.05) is 16.8 Å².